The molecule has 1 amide bonds. The van der Waals surface area contributed by atoms with Crippen molar-refractivity contribution in [2.75, 3.05) is 6.54 Å². The van der Waals surface area contributed by atoms with Crippen LogP contribution in [0, 0.1) is 0 Å². The van der Waals surface area contributed by atoms with E-state index in [1.54, 1.807) is 11.3 Å². The molecule has 2 aromatic rings. The number of rotatable bonds is 5. The van der Waals surface area contributed by atoms with Gasteiger partial charge in [-0.2, -0.15) is 0 Å². The van der Waals surface area contributed by atoms with E-state index < -0.39 is 5.54 Å². The Morgan fingerprint density at radius 3 is 2.80 bits per heavy atom. The fourth-order valence-electron chi connectivity index (χ4n) is 1.98. The van der Waals surface area contributed by atoms with Gasteiger partial charge in [-0.3, -0.25) is 4.79 Å². The predicted molar refractivity (Wildman–Crippen MR) is 80.4 cm³/mol. The van der Waals surface area contributed by atoms with Crippen LogP contribution in [-0.2, 0) is 11.2 Å². The molecular formula is C15H17N3OS. The van der Waals surface area contributed by atoms with Gasteiger partial charge in [0, 0.05) is 23.9 Å². The maximum atomic E-state index is 11.7. The first kappa shape index (κ1) is 13.3. The number of benzene rings is 1. The number of hydrogen-bond acceptors (Lipinski definition) is 4. The smallest absolute Gasteiger partial charge is 0.240 e. The molecule has 0 radical (unpaired) electrons. The van der Waals surface area contributed by atoms with Crippen LogP contribution in [0.5, 0.6) is 0 Å². The monoisotopic (exact) mass is 287 g/mol. The van der Waals surface area contributed by atoms with E-state index in [2.05, 4.69) is 22.4 Å². The molecule has 1 saturated carbocycles. The van der Waals surface area contributed by atoms with Gasteiger partial charge in [0.15, 0.2) is 0 Å². The van der Waals surface area contributed by atoms with Gasteiger partial charge >= 0.3 is 0 Å². The molecule has 3 N–H and O–H groups in total. The molecule has 0 atom stereocenters. The molecule has 3 rings (SSSR count). The number of carbonyl (C=O) groups is 1. The van der Waals surface area contributed by atoms with Gasteiger partial charge in [0.2, 0.25) is 5.91 Å². The summed E-state index contributed by atoms with van der Waals surface area (Å²) in [6.45, 7) is 0.593. The summed E-state index contributed by atoms with van der Waals surface area (Å²) in [6.07, 6.45) is 2.34. The van der Waals surface area contributed by atoms with Gasteiger partial charge in [0.25, 0.3) is 0 Å². The summed E-state index contributed by atoms with van der Waals surface area (Å²) in [5, 5.41) is 5.95. The van der Waals surface area contributed by atoms with E-state index in [4.69, 9.17) is 5.73 Å². The zero-order chi connectivity index (χ0) is 14.0. The lowest BCUT2D eigenvalue weighted by Crippen LogP contribution is -2.43. The normalized spacial score (nSPS) is 15.8. The maximum Gasteiger partial charge on any atom is 0.240 e. The van der Waals surface area contributed by atoms with Crippen LogP contribution in [0.3, 0.4) is 0 Å². The van der Waals surface area contributed by atoms with Gasteiger partial charge < -0.3 is 11.1 Å². The van der Waals surface area contributed by atoms with E-state index in [0.29, 0.717) is 6.54 Å². The van der Waals surface area contributed by atoms with E-state index in [1.807, 2.05) is 23.6 Å². The second kappa shape index (κ2) is 5.34. The fourth-order valence-corrected chi connectivity index (χ4v) is 2.84. The SMILES string of the molecule is NC1(C(=O)NCCc2csc(-c3ccccc3)n2)CC1. The summed E-state index contributed by atoms with van der Waals surface area (Å²) in [5.74, 6) is -0.0315. The first-order valence-electron chi connectivity index (χ1n) is 6.74. The third-order valence-corrected chi connectivity index (χ3v) is 4.42. The molecule has 0 saturated heterocycles. The molecule has 5 heteroatoms. The molecule has 1 aliphatic carbocycles. The molecular weight excluding hydrogens is 270 g/mol. The second-order valence-electron chi connectivity index (χ2n) is 5.17. The van der Waals surface area contributed by atoms with Crippen molar-refractivity contribution in [1.82, 2.24) is 10.3 Å². The lowest BCUT2D eigenvalue weighted by molar-refractivity contribution is -0.123. The summed E-state index contributed by atoms with van der Waals surface area (Å²) in [5.41, 5.74) is 7.38. The molecule has 104 valence electrons. The Bertz CT molecular complexity index is 605. The van der Waals surface area contributed by atoms with Crippen LogP contribution in [0.4, 0.5) is 0 Å². The molecule has 20 heavy (non-hydrogen) atoms. The highest BCUT2D eigenvalue weighted by molar-refractivity contribution is 7.13. The molecule has 0 bridgehead atoms. The van der Waals surface area contributed by atoms with Crippen LogP contribution in [0.25, 0.3) is 10.6 Å². The Hall–Kier alpha value is -1.72. The lowest BCUT2D eigenvalue weighted by atomic mass is 10.2. The first-order chi connectivity index (χ1) is 9.67. The van der Waals surface area contributed by atoms with Gasteiger partial charge in [-0.15, -0.1) is 11.3 Å². The van der Waals surface area contributed by atoms with Gasteiger partial charge in [-0.05, 0) is 12.8 Å². The Morgan fingerprint density at radius 1 is 1.35 bits per heavy atom. The highest BCUT2D eigenvalue weighted by Gasteiger charge is 2.45. The number of amides is 1. The van der Waals surface area contributed by atoms with E-state index in [0.717, 1.165) is 35.5 Å². The molecule has 1 heterocycles. The molecule has 1 aromatic carbocycles. The van der Waals surface area contributed by atoms with Crippen molar-refractivity contribution in [3.05, 3.63) is 41.4 Å². The standard InChI is InChI=1S/C15H17N3OS/c16-15(7-8-15)14(19)17-9-6-12-10-20-13(18-12)11-4-2-1-3-5-11/h1-5,10H,6-9,16H2,(H,17,19). The van der Waals surface area contributed by atoms with E-state index in [1.165, 1.54) is 0 Å². The number of hydrogen-bond donors (Lipinski definition) is 2. The molecule has 0 aliphatic heterocycles. The topological polar surface area (TPSA) is 68.0 Å². The van der Waals surface area contributed by atoms with Gasteiger partial charge in [-0.1, -0.05) is 30.3 Å². The number of aromatic nitrogens is 1. The highest BCUT2D eigenvalue weighted by atomic mass is 32.1. The van der Waals surface area contributed by atoms with Crippen LogP contribution in [0.1, 0.15) is 18.5 Å². The average Bonchev–Trinajstić information content (AvgIpc) is 3.05. The zero-order valence-corrected chi connectivity index (χ0v) is 12.0. The van der Waals surface area contributed by atoms with Crippen molar-refractivity contribution in [3.8, 4) is 10.6 Å². The minimum absolute atomic E-state index is 0.0315. The van der Waals surface area contributed by atoms with E-state index in [-0.39, 0.29) is 5.91 Å². The zero-order valence-electron chi connectivity index (χ0n) is 11.1. The summed E-state index contributed by atoms with van der Waals surface area (Å²) in [7, 11) is 0. The summed E-state index contributed by atoms with van der Waals surface area (Å²) in [4.78, 5) is 16.3. The van der Waals surface area contributed by atoms with Gasteiger partial charge in [0.05, 0.1) is 11.2 Å². The van der Waals surface area contributed by atoms with Crippen molar-refractivity contribution >= 4 is 17.2 Å². The number of carbonyl (C=O) groups excluding carboxylic acids is 1. The molecule has 1 aliphatic rings. The largest absolute Gasteiger partial charge is 0.354 e. The van der Waals surface area contributed by atoms with Crippen LogP contribution in [0.2, 0.25) is 0 Å². The highest BCUT2D eigenvalue weighted by Crippen LogP contribution is 2.32. The quantitative estimate of drug-likeness (QED) is 0.883. The summed E-state index contributed by atoms with van der Waals surface area (Å²) < 4.78 is 0. The van der Waals surface area contributed by atoms with Crippen molar-refractivity contribution in [2.24, 2.45) is 5.73 Å². The van der Waals surface area contributed by atoms with Gasteiger partial charge in [-0.25, -0.2) is 4.98 Å². The molecule has 0 spiro atoms. The van der Waals surface area contributed by atoms with Crippen molar-refractivity contribution in [3.63, 3.8) is 0 Å². The van der Waals surface area contributed by atoms with Crippen molar-refractivity contribution in [2.45, 2.75) is 24.8 Å². The van der Waals surface area contributed by atoms with Crippen LogP contribution in [-0.4, -0.2) is 23.0 Å². The minimum atomic E-state index is -0.586. The summed E-state index contributed by atoms with van der Waals surface area (Å²) in [6, 6.07) is 10.1. The molecule has 0 unspecified atom stereocenters. The third kappa shape index (κ3) is 2.89. The van der Waals surface area contributed by atoms with Gasteiger partial charge in [0.1, 0.15) is 5.01 Å². The van der Waals surface area contributed by atoms with Crippen LogP contribution < -0.4 is 11.1 Å². The average molecular weight is 287 g/mol. The number of thiazole rings is 1. The third-order valence-electron chi connectivity index (χ3n) is 3.48. The fraction of sp³-hybridized carbons (Fsp3) is 0.333. The Morgan fingerprint density at radius 2 is 2.10 bits per heavy atom. The molecule has 1 fully saturated rings. The van der Waals surface area contributed by atoms with Crippen molar-refractivity contribution < 1.29 is 4.79 Å². The molecule has 4 nitrogen and oxygen atoms in total. The minimum Gasteiger partial charge on any atom is -0.354 e. The Balaban J connectivity index is 1.54. The lowest BCUT2D eigenvalue weighted by Gasteiger charge is -2.08. The summed E-state index contributed by atoms with van der Waals surface area (Å²) >= 11 is 1.63. The Kier molecular flexibility index (Phi) is 3.54. The van der Waals surface area contributed by atoms with E-state index in [9.17, 15) is 4.79 Å². The number of nitrogens with one attached hydrogen (secondary N) is 1. The predicted octanol–water partition coefficient (Wildman–Crippen LogP) is 1.96. The van der Waals surface area contributed by atoms with Crippen LogP contribution in [0.15, 0.2) is 35.7 Å². The molecule has 1 aromatic heterocycles. The van der Waals surface area contributed by atoms with E-state index >= 15 is 0 Å². The number of nitrogens with zero attached hydrogens (tertiary/aromatic N) is 1. The maximum absolute atomic E-state index is 11.7. The first-order valence-corrected chi connectivity index (χ1v) is 7.62. The van der Waals surface area contributed by atoms with Crippen molar-refractivity contribution in [1.29, 1.82) is 0 Å². The number of nitrogens with two attached hydrogens (primary N) is 1. The second-order valence-corrected chi connectivity index (χ2v) is 6.03. The van der Waals surface area contributed by atoms with Crippen LogP contribution >= 0.6 is 11.3 Å². The Labute approximate surface area is 122 Å².